The second kappa shape index (κ2) is 7.72. The minimum atomic E-state index is -3.60. The van der Waals surface area contributed by atoms with Gasteiger partial charge in [0.1, 0.15) is 11.9 Å². The number of nitrogens with one attached hydrogen (secondary N) is 1. The molecule has 1 aromatic carbocycles. The predicted molar refractivity (Wildman–Crippen MR) is 100 cm³/mol. The molecule has 0 saturated carbocycles. The minimum absolute atomic E-state index is 0. The first-order valence-electron chi connectivity index (χ1n) is 7.72. The number of carbonyl (C=O) groups excluding carboxylic acids is 1. The maximum atomic E-state index is 12.5. The highest BCUT2D eigenvalue weighted by Gasteiger charge is 2.32. The number of amides is 1. The molecule has 0 bridgehead atoms. The lowest BCUT2D eigenvalue weighted by molar-refractivity contribution is -0.132. The average molecular weight is 389 g/mol. The summed E-state index contributed by atoms with van der Waals surface area (Å²) >= 11 is 0. The van der Waals surface area contributed by atoms with Gasteiger partial charge in [0.25, 0.3) is 10.0 Å². The summed E-state index contributed by atoms with van der Waals surface area (Å²) in [6, 6.07) is 5.87. The van der Waals surface area contributed by atoms with Crippen LogP contribution in [0.1, 0.15) is 26.3 Å². The number of nitrogens with two attached hydrogens (primary N) is 1. The van der Waals surface area contributed by atoms with Gasteiger partial charge in [-0.1, -0.05) is 26.0 Å². The molecule has 1 atom stereocenters. The summed E-state index contributed by atoms with van der Waals surface area (Å²) in [6.07, 6.45) is 0. The van der Waals surface area contributed by atoms with E-state index < -0.39 is 16.1 Å². The molecule has 0 aliphatic carbocycles. The normalized spacial score (nSPS) is 18.0. The number of benzene rings is 1. The lowest BCUT2D eigenvalue weighted by Crippen LogP contribution is -2.43. The van der Waals surface area contributed by atoms with Crippen LogP contribution in [-0.4, -0.2) is 51.2 Å². The van der Waals surface area contributed by atoms with E-state index in [1.165, 1.54) is 6.07 Å². The van der Waals surface area contributed by atoms with E-state index in [0.29, 0.717) is 18.7 Å². The molecule has 0 radical (unpaired) electrons. The molecule has 25 heavy (non-hydrogen) atoms. The molecule has 1 unspecified atom stereocenters. The van der Waals surface area contributed by atoms with Gasteiger partial charge in [0.05, 0.1) is 4.90 Å². The number of carbonyl (C=O) groups is 1. The average Bonchev–Trinajstić information content (AvgIpc) is 2.77. The van der Waals surface area contributed by atoms with Gasteiger partial charge in [-0.3, -0.25) is 14.5 Å². The van der Waals surface area contributed by atoms with Crippen LogP contribution < -0.4 is 10.5 Å². The van der Waals surface area contributed by atoms with E-state index in [4.69, 9.17) is 5.73 Å². The molecule has 1 aromatic rings. The fourth-order valence-electron chi connectivity index (χ4n) is 2.58. The van der Waals surface area contributed by atoms with Gasteiger partial charge in [-0.15, -0.1) is 12.4 Å². The Kier molecular flexibility index (Phi) is 6.61. The van der Waals surface area contributed by atoms with Crippen LogP contribution in [0.15, 0.2) is 34.2 Å². The standard InChI is InChI=1S/C16H24N4O3S.ClH/c1-11(15(21)20(4)10-16(2,3)9-17)18-14-12-7-5-6-8-13(12)24(22,23)19-14;/h5-8,11H,9-10,17H2,1-4H3,(H,18,19);1H. The number of sulfonamides is 1. The van der Waals surface area contributed by atoms with E-state index in [-0.39, 0.29) is 34.5 Å². The number of amidine groups is 1. The molecule has 2 rings (SSSR count). The summed E-state index contributed by atoms with van der Waals surface area (Å²) in [5.74, 6) is 0.0190. The van der Waals surface area contributed by atoms with Crippen molar-refractivity contribution in [3.05, 3.63) is 29.8 Å². The van der Waals surface area contributed by atoms with Gasteiger partial charge in [-0.25, -0.2) is 8.42 Å². The van der Waals surface area contributed by atoms with Crippen molar-refractivity contribution in [3.63, 3.8) is 0 Å². The Hall–Kier alpha value is -1.64. The molecular weight excluding hydrogens is 364 g/mol. The van der Waals surface area contributed by atoms with Gasteiger partial charge in [-0.05, 0) is 31.0 Å². The topological polar surface area (TPSA) is 105 Å². The lowest BCUT2D eigenvalue weighted by Gasteiger charge is -2.30. The monoisotopic (exact) mass is 388 g/mol. The highest BCUT2D eigenvalue weighted by Crippen LogP contribution is 2.23. The van der Waals surface area contributed by atoms with Gasteiger partial charge in [0.2, 0.25) is 5.91 Å². The Labute approximate surface area is 155 Å². The molecular formula is C16H25ClN4O3S. The first kappa shape index (κ1) is 21.4. The second-order valence-corrected chi connectivity index (χ2v) is 8.47. The SMILES string of the molecule is CC(N=C1NS(=O)(=O)c2ccccc21)C(=O)N(C)CC(C)(C)CN.Cl. The van der Waals surface area contributed by atoms with Crippen LogP contribution in [0.5, 0.6) is 0 Å². The molecule has 0 spiro atoms. The Balaban J connectivity index is 0.00000312. The van der Waals surface area contributed by atoms with Crippen molar-refractivity contribution >= 4 is 34.2 Å². The second-order valence-electron chi connectivity index (χ2n) is 6.82. The van der Waals surface area contributed by atoms with E-state index in [0.717, 1.165) is 0 Å². The number of fused-ring (bicyclic) bond motifs is 1. The third-order valence-electron chi connectivity index (χ3n) is 3.94. The summed E-state index contributed by atoms with van der Waals surface area (Å²) in [5, 5.41) is 0. The van der Waals surface area contributed by atoms with Gasteiger partial charge in [0.15, 0.2) is 0 Å². The molecule has 140 valence electrons. The number of hydrogen-bond acceptors (Lipinski definition) is 5. The summed E-state index contributed by atoms with van der Waals surface area (Å²) in [5.41, 5.74) is 6.00. The number of aliphatic imine (C=N–C) groups is 1. The van der Waals surface area contributed by atoms with Crippen LogP contribution >= 0.6 is 12.4 Å². The Morgan fingerprint density at radius 3 is 2.56 bits per heavy atom. The van der Waals surface area contributed by atoms with Crippen LogP contribution in [0.3, 0.4) is 0 Å². The molecule has 9 heteroatoms. The molecule has 7 nitrogen and oxygen atoms in total. The number of rotatable bonds is 5. The van der Waals surface area contributed by atoms with E-state index in [9.17, 15) is 13.2 Å². The third kappa shape index (κ3) is 4.71. The number of likely N-dealkylation sites (N-methyl/N-ethyl adjacent to an activating group) is 1. The van der Waals surface area contributed by atoms with E-state index in [1.54, 1.807) is 37.1 Å². The van der Waals surface area contributed by atoms with Crippen LogP contribution in [0.25, 0.3) is 0 Å². The highest BCUT2D eigenvalue weighted by atomic mass is 35.5. The van der Waals surface area contributed by atoms with E-state index in [1.807, 2.05) is 13.8 Å². The summed E-state index contributed by atoms with van der Waals surface area (Å²) in [7, 11) is -1.90. The molecule has 1 aliphatic heterocycles. The van der Waals surface area contributed by atoms with Crippen LogP contribution in [-0.2, 0) is 14.8 Å². The van der Waals surface area contributed by atoms with Crippen LogP contribution in [0.4, 0.5) is 0 Å². The van der Waals surface area contributed by atoms with Crippen molar-refractivity contribution in [2.24, 2.45) is 16.1 Å². The van der Waals surface area contributed by atoms with Crippen molar-refractivity contribution in [1.82, 2.24) is 9.62 Å². The van der Waals surface area contributed by atoms with Crippen molar-refractivity contribution in [2.75, 3.05) is 20.1 Å². The summed E-state index contributed by atoms with van der Waals surface area (Å²) in [6.45, 7) is 6.57. The quantitative estimate of drug-likeness (QED) is 0.784. The number of halogens is 1. The molecule has 0 aromatic heterocycles. The van der Waals surface area contributed by atoms with Crippen molar-refractivity contribution < 1.29 is 13.2 Å². The molecule has 0 fully saturated rings. The lowest BCUT2D eigenvalue weighted by atomic mass is 9.93. The van der Waals surface area contributed by atoms with Crippen LogP contribution in [0.2, 0.25) is 0 Å². The summed E-state index contributed by atoms with van der Waals surface area (Å²) < 4.78 is 26.6. The Bertz CT molecular complexity index is 777. The van der Waals surface area contributed by atoms with E-state index >= 15 is 0 Å². The molecule has 0 saturated heterocycles. The van der Waals surface area contributed by atoms with E-state index in [2.05, 4.69) is 9.71 Å². The van der Waals surface area contributed by atoms with Crippen LogP contribution in [0, 0.1) is 5.41 Å². The van der Waals surface area contributed by atoms with Gasteiger partial charge >= 0.3 is 0 Å². The fraction of sp³-hybridized carbons (Fsp3) is 0.500. The fourth-order valence-corrected chi connectivity index (χ4v) is 3.82. The van der Waals surface area contributed by atoms with Crippen molar-refractivity contribution in [3.8, 4) is 0 Å². The Morgan fingerprint density at radius 1 is 1.36 bits per heavy atom. The molecule has 1 heterocycles. The first-order valence-corrected chi connectivity index (χ1v) is 9.21. The number of nitrogens with zero attached hydrogens (tertiary/aromatic N) is 2. The maximum Gasteiger partial charge on any atom is 0.263 e. The largest absolute Gasteiger partial charge is 0.343 e. The van der Waals surface area contributed by atoms with Crippen molar-refractivity contribution in [1.29, 1.82) is 0 Å². The number of hydrogen-bond donors (Lipinski definition) is 2. The van der Waals surface area contributed by atoms with Gasteiger partial charge in [0, 0.05) is 19.2 Å². The summed E-state index contributed by atoms with van der Waals surface area (Å²) in [4.78, 5) is 18.6. The zero-order valence-corrected chi connectivity index (χ0v) is 16.4. The Morgan fingerprint density at radius 2 is 1.96 bits per heavy atom. The van der Waals surface area contributed by atoms with Crippen molar-refractivity contribution in [2.45, 2.75) is 31.7 Å². The maximum absolute atomic E-state index is 12.5. The smallest absolute Gasteiger partial charge is 0.263 e. The highest BCUT2D eigenvalue weighted by molar-refractivity contribution is 7.90. The first-order chi connectivity index (χ1) is 11.1. The zero-order chi connectivity index (χ0) is 18.1. The van der Waals surface area contributed by atoms with Gasteiger partial charge < -0.3 is 10.6 Å². The molecule has 1 aliphatic rings. The third-order valence-corrected chi connectivity index (χ3v) is 5.33. The molecule has 1 amide bonds. The predicted octanol–water partition coefficient (Wildman–Crippen LogP) is 0.979. The minimum Gasteiger partial charge on any atom is -0.343 e. The molecule has 3 N–H and O–H groups in total. The zero-order valence-electron chi connectivity index (χ0n) is 14.8. The van der Waals surface area contributed by atoms with Gasteiger partial charge in [-0.2, -0.15) is 0 Å².